The van der Waals surface area contributed by atoms with Gasteiger partial charge in [0.2, 0.25) is 5.91 Å². The third kappa shape index (κ3) is 1.68. The van der Waals surface area contributed by atoms with Crippen molar-refractivity contribution in [2.45, 2.75) is 0 Å². The third-order valence-corrected chi connectivity index (χ3v) is 3.13. The monoisotopic (exact) mass is 268 g/mol. The summed E-state index contributed by atoms with van der Waals surface area (Å²) in [5.41, 5.74) is 13.9. The topological polar surface area (TPSA) is 113 Å². The molecule has 3 rings (SSSR count). The zero-order valence-corrected chi connectivity index (χ0v) is 10.7. The zero-order valence-electron chi connectivity index (χ0n) is 10.7. The van der Waals surface area contributed by atoms with E-state index < -0.39 is 5.91 Å². The second-order valence-corrected chi connectivity index (χ2v) is 4.36. The van der Waals surface area contributed by atoms with E-state index in [1.54, 1.807) is 36.1 Å². The molecule has 1 amide bonds. The molecule has 2 heterocycles. The number of anilines is 1. The first-order chi connectivity index (χ1) is 9.59. The van der Waals surface area contributed by atoms with Gasteiger partial charge in [-0.25, -0.2) is 9.97 Å². The molecule has 0 radical (unpaired) electrons. The van der Waals surface area contributed by atoms with Crippen LogP contribution in [0.5, 0.6) is 0 Å². The number of nitrogens with zero attached hydrogens (tertiary/aromatic N) is 4. The number of nitrogen functional groups attached to an aromatic ring is 1. The maximum atomic E-state index is 11.6. The van der Waals surface area contributed by atoms with E-state index in [1.165, 1.54) is 6.33 Å². The first-order valence-corrected chi connectivity index (χ1v) is 5.91. The van der Waals surface area contributed by atoms with Gasteiger partial charge in [-0.3, -0.25) is 9.48 Å². The number of primary amides is 1. The lowest BCUT2D eigenvalue weighted by atomic mass is 10.00. The molecule has 2 aromatic heterocycles. The van der Waals surface area contributed by atoms with Gasteiger partial charge in [0.25, 0.3) is 0 Å². The number of fused-ring (bicyclic) bond motifs is 1. The number of hydrogen-bond donors (Lipinski definition) is 2. The van der Waals surface area contributed by atoms with E-state index in [4.69, 9.17) is 11.5 Å². The second-order valence-electron chi connectivity index (χ2n) is 4.36. The first-order valence-electron chi connectivity index (χ1n) is 5.91. The Kier molecular flexibility index (Phi) is 2.60. The van der Waals surface area contributed by atoms with Crippen molar-refractivity contribution in [3.63, 3.8) is 0 Å². The largest absolute Gasteiger partial charge is 0.398 e. The van der Waals surface area contributed by atoms with Crippen molar-refractivity contribution in [2.75, 3.05) is 5.73 Å². The smallest absolute Gasteiger partial charge is 0.249 e. The van der Waals surface area contributed by atoms with Crippen LogP contribution >= 0.6 is 0 Å². The molecule has 4 N–H and O–H groups in total. The van der Waals surface area contributed by atoms with Crippen molar-refractivity contribution < 1.29 is 4.79 Å². The van der Waals surface area contributed by atoms with Gasteiger partial charge >= 0.3 is 0 Å². The van der Waals surface area contributed by atoms with Crippen LogP contribution < -0.4 is 11.5 Å². The molecular weight excluding hydrogens is 256 g/mol. The van der Waals surface area contributed by atoms with E-state index in [1.807, 2.05) is 0 Å². The molecule has 0 aliphatic rings. The Balaban J connectivity index is 2.40. The minimum absolute atomic E-state index is 0.328. The molecule has 100 valence electrons. The van der Waals surface area contributed by atoms with Crippen LogP contribution in [0, 0.1) is 0 Å². The van der Waals surface area contributed by atoms with E-state index >= 15 is 0 Å². The number of carbonyl (C=O) groups excluding carboxylic acids is 1. The van der Waals surface area contributed by atoms with Gasteiger partial charge in [-0.05, 0) is 12.1 Å². The molecule has 0 aliphatic heterocycles. The summed E-state index contributed by atoms with van der Waals surface area (Å²) in [5, 5.41) is 4.86. The Hall–Kier alpha value is -2.96. The molecule has 0 saturated heterocycles. The lowest BCUT2D eigenvalue weighted by Gasteiger charge is -2.10. The van der Waals surface area contributed by atoms with Gasteiger partial charge in [-0.1, -0.05) is 6.07 Å². The highest BCUT2D eigenvalue weighted by atomic mass is 16.1. The molecule has 0 atom stereocenters. The Morgan fingerprint density at radius 1 is 1.30 bits per heavy atom. The number of nitrogens with two attached hydrogens (primary N) is 2. The number of aryl methyl sites for hydroxylation is 1. The standard InChI is InChI=1S/C13H12N6O/c1-19-13-8(5-18-19)11(16-6-17-13)10-7(12(15)20)3-2-4-9(10)14/h2-6H,14H2,1H3,(H2,15,20). The van der Waals surface area contributed by atoms with Crippen molar-refractivity contribution in [1.29, 1.82) is 0 Å². The average molecular weight is 268 g/mol. The Morgan fingerprint density at radius 3 is 2.85 bits per heavy atom. The van der Waals surface area contributed by atoms with Crippen LogP contribution in [0.4, 0.5) is 5.69 Å². The second kappa shape index (κ2) is 4.30. The predicted molar refractivity (Wildman–Crippen MR) is 74.7 cm³/mol. The lowest BCUT2D eigenvalue weighted by molar-refractivity contribution is 0.100. The van der Waals surface area contributed by atoms with E-state index in [0.717, 1.165) is 5.39 Å². The summed E-state index contributed by atoms with van der Waals surface area (Å²) in [5.74, 6) is -0.553. The van der Waals surface area contributed by atoms with E-state index in [2.05, 4.69) is 15.1 Å². The van der Waals surface area contributed by atoms with Gasteiger partial charge in [0.05, 0.1) is 22.8 Å². The van der Waals surface area contributed by atoms with E-state index in [0.29, 0.717) is 28.2 Å². The van der Waals surface area contributed by atoms with Crippen LogP contribution in [0.1, 0.15) is 10.4 Å². The molecule has 3 aromatic rings. The van der Waals surface area contributed by atoms with Gasteiger partial charge in [-0.2, -0.15) is 5.10 Å². The summed E-state index contributed by atoms with van der Waals surface area (Å²) < 4.78 is 1.63. The predicted octanol–water partition coefficient (Wildman–Crippen LogP) is 0.711. The van der Waals surface area contributed by atoms with Crippen molar-refractivity contribution in [2.24, 2.45) is 12.8 Å². The molecule has 0 unspecified atom stereocenters. The number of amides is 1. The van der Waals surface area contributed by atoms with Crippen LogP contribution in [-0.2, 0) is 7.05 Å². The SMILES string of the molecule is Cn1ncc2c(-c3c(N)cccc3C(N)=O)ncnc21. The van der Waals surface area contributed by atoms with Crippen LogP contribution in [0.2, 0.25) is 0 Å². The molecule has 7 nitrogen and oxygen atoms in total. The molecule has 0 aliphatic carbocycles. The molecule has 0 fully saturated rings. The molecule has 0 saturated carbocycles. The fraction of sp³-hybridized carbons (Fsp3) is 0.0769. The molecule has 0 bridgehead atoms. The fourth-order valence-corrected chi connectivity index (χ4v) is 2.20. The Bertz CT molecular complexity index is 823. The van der Waals surface area contributed by atoms with E-state index in [-0.39, 0.29) is 0 Å². The van der Waals surface area contributed by atoms with Crippen LogP contribution in [0.3, 0.4) is 0 Å². The number of hydrogen-bond acceptors (Lipinski definition) is 5. The average Bonchev–Trinajstić information content (AvgIpc) is 2.80. The maximum absolute atomic E-state index is 11.6. The van der Waals surface area contributed by atoms with Crippen molar-refractivity contribution >= 4 is 22.6 Å². The third-order valence-electron chi connectivity index (χ3n) is 3.13. The van der Waals surface area contributed by atoms with Crippen molar-refractivity contribution in [3.8, 4) is 11.3 Å². The van der Waals surface area contributed by atoms with Gasteiger partial charge < -0.3 is 11.5 Å². The lowest BCUT2D eigenvalue weighted by Crippen LogP contribution is -2.13. The molecule has 7 heteroatoms. The van der Waals surface area contributed by atoms with Gasteiger partial charge in [0.1, 0.15) is 6.33 Å². The molecule has 20 heavy (non-hydrogen) atoms. The molecule has 1 aromatic carbocycles. The van der Waals surface area contributed by atoms with Crippen LogP contribution in [0.15, 0.2) is 30.7 Å². The molecular formula is C13H12N6O. The Labute approximate surface area is 114 Å². The summed E-state index contributed by atoms with van der Waals surface area (Å²) >= 11 is 0. The number of aromatic nitrogens is 4. The minimum atomic E-state index is -0.553. The summed E-state index contributed by atoms with van der Waals surface area (Å²) in [6, 6.07) is 5.00. The van der Waals surface area contributed by atoms with Crippen LogP contribution in [-0.4, -0.2) is 25.7 Å². The minimum Gasteiger partial charge on any atom is -0.398 e. The van der Waals surface area contributed by atoms with Gasteiger partial charge in [0, 0.05) is 18.3 Å². The van der Waals surface area contributed by atoms with Gasteiger partial charge in [-0.15, -0.1) is 0 Å². The van der Waals surface area contributed by atoms with Crippen molar-refractivity contribution in [1.82, 2.24) is 19.7 Å². The normalized spacial score (nSPS) is 10.8. The summed E-state index contributed by atoms with van der Waals surface area (Å²) in [6.07, 6.45) is 3.05. The highest BCUT2D eigenvalue weighted by Crippen LogP contribution is 2.32. The first kappa shape index (κ1) is 12.1. The van der Waals surface area contributed by atoms with Crippen LogP contribution in [0.25, 0.3) is 22.3 Å². The van der Waals surface area contributed by atoms with Gasteiger partial charge in [0.15, 0.2) is 5.65 Å². The Morgan fingerprint density at radius 2 is 2.10 bits per heavy atom. The van der Waals surface area contributed by atoms with E-state index in [9.17, 15) is 4.79 Å². The zero-order chi connectivity index (χ0) is 14.3. The summed E-state index contributed by atoms with van der Waals surface area (Å²) in [6.45, 7) is 0. The quantitative estimate of drug-likeness (QED) is 0.664. The summed E-state index contributed by atoms with van der Waals surface area (Å²) in [4.78, 5) is 20.0. The van der Waals surface area contributed by atoms with Crippen molar-refractivity contribution in [3.05, 3.63) is 36.3 Å². The summed E-state index contributed by atoms with van der Waals surface area (Å²) in [7, 11) is 1.78. The highest BCUT2D eigenvalue weighted by Gasteiger charge is 2.18. The highest BCUT2D eigenvalue weighted by molar-refractivity contribution is 6.06. The number of benzene rings is 1. The maximum Gasteiger partial charge on any atom is 0.249 e. The molecule has 0 spiro atoms. The number of carbonyl (C=O) groups is 1. The number of rotatable bonds is 2. The fourth-order valence-electron chi connectivity index (χ4n) is 2.20.